The van der Waals surface area contributed by atoms with Crippen molar-refractivity contribution in [1.82, 2.24) is 14.4 Å². The quantitative estimate of drug-likeness (QED) is 0.827. The maximum Gasteiger partial charge on any atom is 0.409 e. The Morgan fingerprint density at radius 3 is 2.43 bits per heavy atom. The van der Waals surface area contributed by atoms with Gasteiger partial charge in [0.2, 0.25) is 0 Å². The molecule has 0 bridgehead atoms. The molecule has 0 spiro atoms. The topological polar surface area (TPSA) is 75.0 Å². The fraction of sp³-hybridized carbons (Fsp3) is 0.400. The Hall–Kier alpha value is -2.51. The Kier molecular flexibility index (Phi) is 6.59. The predicted octanol–water partition coefficient (Wildman–Crippen LogP) is 2.53. The van der Waals surface area contributed by atoms with Crippen LogP contribution in [0.2, 0.25) is 5.02 Å². The lowest BCUT2D eigenvalue weighted by Crippen LogP contribution is -2.48. The SMILES string of the molecule is CCOC(=O)N1CCN(Cc2ccn(Cc3ccc(Cl)cc3)c(=O)c2O)CC1. The van der Waals surface area contributed by atoms with Gasteiger partial charge in [0.1, 0.15) is 0 Å². The van der Waals surface area contributed by atoms with Gasteiger partial charge in [0.15, 0.2) is 5.75 Å². The number of amides is 1. The highest BCUT2D eigenvalue weighted by molar-refractivity contribution is 6.30. The van der Waals surface area contributed by atoms with Crippen LogP contribution in [0, 0.1) is 0 Å². The normalized spacial score (nSPS) is 14.9. The lowest BCUT2D eigenvalue weighted by Gasteiger charge is -2.34. The average Bonchev–Trinajstić information content (AvgIpc) is 2.70. The molecule has 0 aliphatic carbocycles. The minimum Gasteiger partial charge on any atom is -0.503 e. The van der Waals surface area contributed by atoms with Crippen LogP contribution in [0.15, 0.2) is 41.3 Å². The number of benzene rings is 1. The molecule has 8 heteroatoms. The van der Waals surface area contributed by atoms with E-state index in [-0.39, 0.29) is 11.8 Å². The predicted molar refractivity (Wildman–Crippen MR) is 107 cm³/mol. The molecule has 1 N–H and O–H groups in total. The van der Waals surface area contributed by atoms with Gasteiger partial charge in [-0.2, -0.15) is 0 Å². The lowest BCUT2D eigenvalue weighted by atomic mass is 10.2. The minimum absolute atomic E-state index is 0.232. The summed E-state index contributed by atoms with van der Waals surface area (Å²) in [6.45, 7) is 5.41. The van der Waals surface area contributed by atoms with Crippen LogP contribution < -0.4 is 5.56 Å². The molecule has 28 heavy (non-hydrogen) atoms. The Labute approximate surface area is 168 Å². The smallest absolute Gasteiger partial charge is 0.409 e. The van der Waals surface area contributed by atoms with Gasteiger partial charge in [-0.3, -0.25) is 9.69 Å². The van der Waals surface area contributed by atoms with E-state index in [1.54, 1.807) is 36.2 Å². The first kappa shape index (κ1) is 20.2. The molecule has 1 saturated heterocycles. The van der Waals surface area contributed by atoms with Crippen LogP contribution >= 0.6 is 11.6 Å². The van der Waals surface area contributed by atoms with Gasteiger partial charge in [-0.15, -0.1) is 0 Å². The van der Waals surface area contributed by atoms with Crippen molar-refractivity contribution in [3.05, 3.63) is 63.0 Å². The summed E-state index contributed by atoms with van der Waals surface area (Å²) in [4.78, 5) is 28.1. The number of carbonyl (C=O) groups is 1. The van der Waals surface area contributed by atoms with E-state index in [4.69, 9.17) is 16.3 Å². The number of rotatable bonds is 5. The van der Waals surface area contributed by atoms with Gasteiger partial charge in [0, 0.05) is 49.5 Å². The van der Waals surface area contributed by atoms with Crippen LogP contribution in [0.3, 0.4) is 0 Å². The highest BCUT2D eigenvalue weighted by atomic mass is 35.5. The number of nitrogens with zero attached hydrogens (tertiary/aromatic N) is 3. The van der Waals surface area contributed by atoms with Gasteiger partial charge in [0.05, 0.1) is 13.2 Å². The molecule has 0 unspecified atom stereocenters. The second kappa shape index (κ2) is 9.12. The third-order valence-electron chi connectivity index (χ3n) is 4.78. The Morgan fingerprint density at radius 1 is 1.11 bits per heavy atom. The number of carbonyl (C=O) groups excluding carboxylic acids is 1. The summed E-state index contributed by atoms with van der Waals surface area (Å²) in [5.74, 6) is -0.232. The molecule has 0 saturated carbocycles. The zero-order chi connectivity index (χ0) is 20.1. The Balaban J connectivity index is 1.63. The third kappa shape index (κ3) is 4.85. The van der Waals surface area contributed by atoms with E-state index < -0.39 is 5.56 Å². The summed E-state index contributed by atoms with van der Waals surface area (Å²) in [7, 11) is 0. The van der Waals surface area contributed by atoms with Crippen molar-refractivity contribution in [3.8, 4) is 5.75 Å². The number of ether oxygens (including phenoxy) is 1. The van der Waals surface area contributed by atoms with Gasteiger partial charge in [-0.05, 0) is 30.7 Å². The molecule has 0 radical (unpaired) electrons. The zero-order valence-corrected chi connectivity index (χ0v) is 16.6. The fourth-order valence-electron chi connectivity index (χ4n) is 3.18. The number of aromatic nitrogens is 1. The lowest BCUT2D eigenvalue weighted by molar-refractivity contribution is 0.0776. The van der Waals surface area contributed by atoms with Crippen LogP contribution in [-0.2, 0) is 17.8 Å². The molecule has 1 aromatic carbocycles. The molecule has 1 amide bonds. The number of halogens is 1. The van der Waals surface area contributed by atoms with Crippen molar-refractivity contribution in [2.75, 3.05) is 32.8 Å². The fourth-order valence-corrected chi connectivity index (χ4v) is 3.31. The molecule has 1 aliphatic rings. The maximum absolute atomic E-state index is 12.5. The number of hydrogen-bond acceptors (Lipinski definition) is 5. The van der Waals surface area contributed by atoms with Gasteiger partial charge in [-0.25, -0.2) is 4.79 Å². The van der Waals surface area contributed by atoms with Crippen LogP contribution in [0.25, 0.3) is 0 Å². The van der Waals surface area contributed by atoms with Gasteiger partial charge in [-0.1, -0.05) is 23.7 Å². The van der Waals surface area contributed by atoms with E-state index in [0.717, 1.165) is 5.56 Å². The van der Waals surface area contributed by atoms with E-state index in [1.165, 1.54) is 4.57 Å². The standard InChI is InChI=1S/C20H24ClN3O4/c1-2-28-20(27)23-11-9-22(10-12-23)14-16-7-8-24(19(26)18(16)25)13-15-3-5-17(21)6-4-15/h3-8,25H,2,9-14H2,1H3. The van der Waals surface area contributed by atoms with Crippen molar-refractivity contribution in [3.63, 3.8) is 0 Å². The Morgan fingerprint density at radius 2 is 1.79 bits per heavy atom. The molecule has 2 aromatic rings. The molecule has 0 atom stereocenters. The molecule has 1 aliphatic heterocycles. The molecule has 2 heterocycles. The van der Waals surface area contributed by atoms with E-state index >= 15 is 0 Å². The molecule has 3 rings (SSSR count). The molecule has 1 fully saturated rings. The number of hydrogen-bond donors (Lipinski definition) is 1. The summed E-state index contributed by atoms with van der Waals surface area (Å²) in [5.41, 5.74) is 1.09. The number of aromatic hydroxyl groups is 1. The first-order valence-electron chi connectivity index (χ1n) is 9.27. The van der Waals surface area contributed by atoms with Crippen molar-refractivity contribution >= 4 is 17.7 Å². The van der Waals surface area contributed by atoms with Crippen LogP contribution in [0.5, 0.6) is 5.75 Å². The zero-order valence-electron chi connectivity index (χ0n) is 15.8. The highest BCUT2D eigenvalue weighted by Gasteiger charge is 2.23. The summed E-state index contributed by atoms with van der Waals surface area (Å²) < 4.78 is 6.49. The van der Waals surface area contributed by atoms with Gasteiger partial charge in [0.25, 0.3) is 5.56 Å². The van der Waals surface area contributed by atoms with Gasteiger partial charge >= 0.3 is 6.09 Å². The van der Waals surface area contributed by atoms with Gasteiger partial charge < -0.3 is 19.3 Å². The van der Waals surface area contributed by atoms with E-state index in [1.807, 2.05) is 12.1 Å². The highest BCUT2D eigenvalue weighted by Crippen LogP contribution is 2.16. The summed E-state index contributed by atoms with van der Waals surface area (Å²) in [6, 6.07) is 9.01. The van der Waals surface area contributed by atoms with E-state index in [2.05, 4.69) is 4.90 Å². The second-order valence-corrected chi connectivity index (χ2v) is 7.15. The first-order chi connectivity index (χ1) is 13.5. The van der Waals surface area contributed by atoms with Crippen LogP contribution in [-0.4, -0.2) is 58.4 Å². The molecule has 150 valence electrons. The van der Waals surface area contributed by atoms with E-state index in [0.29, 0.717) is 56.5 Å². The number of pyridine rings is 1. The molecule has 1 aromatic heterocycles. The van der Waals surface area contributed by atoms with E-state index in [9.17, 15) is 14.7 Å². The third-order valence-corrected chi connectivity index (χ3v) is 5.03. The largest absolute Gasteiger partial charge is 0.503 e. The van der Waals surface area contributed by atoms with Crippen molar-refractivity contribution in [1.29, 1.82) is 0 Å². The van der Waals surface area contributed by atoms with Crippen LogP contribution in [0.4, 0.5) is 4.79 Å². The Bertz CT molecular complexity index is 874. The van der Waals surface area contributed by atoms with Crippen LogP contribution in [0.1, 0.15) is 18.1 Å². The van der Waals surface area contributed by atoms with Crippen molar-refractivity contribution in [2.45, 2.75) is 20.0 Å². The van der Waals surface area contributed by atoms with Crippen molar-refractivity contribution in [2.24, 2.45) is 0 Å². The summed E-state index contributed by atoms with van der Waals surface area (Å²) in [5, 5.41) is 11.0. The first-order valence-corrected chi connectivity index (χ1v) is 9.65. The molecule has 7 nitrogen and oxygen atoms in total. The molecular weight excluding hydrogens is 382 g/mol. The second-order valence-electron chi connectivity index (χ2n) is 6.71. The maximum atomic E-state index is 12.5. The summed E-state index contributed by atoms with van der Waals surface area (Å²) in [6.07, 6.45) is 1.40. The van der Waals surface area contributed by atoms with Crippen molar-refractivity contribution < 1.29 is 14.6 Å². The number of piperazine rings is 1. The average molecular weight is 406 g/mol. The minimum atomic E-state index is -0.419. The molecular formula is C20H24ClN3O4. The summed E-state index contributed by atoms with van der Waals surface area (Å²) >= 11 is 5.88. The monoisotopic (exact) mass is 405 g/mol.